The third-order valence-corrected chi connectivity index (χ3v) is 6.60. The average molecular weight is 467 g/mol. The molecule has 0 radical (unpaired) electrons. The van der Waals surface area contributed by atoms with Crippen molar-refractivity contribution in [2.45, 2.75) is 43.7 Å². The number of benzene rings is 2. The van der Waals surface area contributed by atoms with Gasteiger partial charge in [-0.2, -0.15) is 0 Å². The van der Waals surface area contributed by atoms with Gasteiger partial charge in [0, 0.05) is 26.2 Å². The fourth-order valence-corrected chi connectivity index (χ4v) is 4.96. The molecule has 8 heteroatoms. The van der Waals surface area contributed by atoms with Gasteiger partial charge in [0.2, 0.25) is 5.91 Å². The lowest BCUT2D eigenvalue weighted by atomic mass is 9.98. The molecule has 2 amide bonds. The highest BCUT2D eigenvalue weighted by Gasteiger charge is 2.38. The number of likely N-dealkylation sites (tertiary alicyclic amines) is 1. The number of ether oxygens (including phenoxy) is 2. The van der Waals surface area contributed by atoms with Crippen molar-refractivity contribution in [3.63, 3.8) is 0 Å². The Morgan fingerprint density at radius 3 is 2.35 bits per heavy atom. The van der Waals surface area contributed by atoms with Gasteiger partial charge in [0.25, 0.3) is 0 Å². The Morgan fingerprint density at radius 1 is 1.09 bits per heavy atom. The van der Waals surface area contributed by atoms with Crippen LogP contribution in [0.25, 0.3) is 11.1 Å². The molecule has 8 nitrogen and oxygen atoms in total. The van der Waals surface area contributed by atoms with Gasteiger partial charge < -0.3 is 24.8 Å². The van der Waals surface area contributed by atoms with Crippen LogP contribution >= 0.6 is 0 Å². The zero-order chi connectivity index (χ0) is 24.1. The molecule has 0 saturated carbocycles. The summed E-state index contributed by atoms with van der Waals surface area (Å²) in [5, 5.41) is 12.1. The minimum atomic E-state index is -1.03. The van der Waals surface area contributed by atoms with E-state index < -0.39 is 30.1 Å². The molecule has 1 aliphatic carbocycles. The fraction of sp³-hybridized carbons (Fsp3) is 0.423. The van der Waals surface area contributed by atoms with Crippen LogP contribution in [0.2, 0.25) is 0 Å². The Hall–Kier alpha value is -3.39. The van der Waals surface area contributed by atoms with Crippen molar-refractivity contribution in [2.75, 3.05) is 26.9 Å². The van der Waals surface area contributed by atoms with Crippen LogP contribution < -0.4 is 5.32 Å². The maximum absolute atomic E-state index is 13.1. The predicted octanol–water partition coefficient (Wildman–Crippen LogP) is 3.40. The summed E-state index contributed by atoms with van der Waals surface area (Å²) in [5.74, 6) is -1.51. The highest BCUT2D eigenvalue weighted by atomic mass is 16.5. The van der Waals surface area contributed by atoms with Crippen LogP contribution in [0, 0.1) is 0 Å². The Bertz CT molecular complexity index is 1010. The molecular formula is C26H30N2O6. The van der Waals surface area contributed by atoms with E-state index in [9.17, 15) is 19.5 Å². The second-order valence-electron chi connectivity index (χ2n) is 8.69. The molecule has 1 fully saturated rings. The topological polar surface area (TPSA) is 105 Å². The lowest BCUT2D eigenvalue weighted by Gasteiger charge is -2.27. The second kappa shape index (κ2) is 10.7. The molecule has 1 unspecified atom stereocenters. The van der Waals surface area contributed by atoms with Crippen molar-refractivity contribution in [3.8, 4) is 11.1 Å². The van der Waals surface area contributed by atoms with Crippen LogP contribution in [0.4, 0.5) is 4.79 Å². The minimum Gasteiger partial charge on any atom is -0.480 e. The van der Waals surface area contributed by atoms with Crippen molar-refractivity contribution < 1.29 is 29.0 Å². The lowest BCUT2D eigenvalue weighted by Crippen LogP contribution is -2.52. The molecular weight excluding hydrogens is 436 g/mol. The summed E-state index contributed by atoms with van der Waals surface area (Å²) >= 11 is 0. The van der Waals surface area contributed by atoms with Crippen LogP contribution in [0.15, 0.2) is 48.5 Å². The van der Waals surface area contributed by atoms with E-state index in [0.717, 1.165) is 22.3 Å². The van der Waals surface area contributed by atoms with Gasteiger partial charge >= 0.3 is 12.1 Å². The molecule has 2 atom stereocenters. The Balaban J connectivity index is 1.43. The fourth-order valence-electron chi connectivity index (χ4n) is 4.96. The van der Waals surface area contributed by atoms with E-state index in [-0.39, 0.29) is 12.5 Å². The molecule has 0 bridgehead atoms. The number of carbonyl (C=O) groups excluding carboxylic acids is 2. The summed E-state index contributed by atoms with van der Waals surface area (Å²) in [7, 11) is 1.57. The predicted molar refractivity (Wildman–Crippen MR) is 125 cm³/mol. The first-order chi connectivity index (χ1) is 16.5. The van der Waals surface area contributed by atoms with Crippen LogP contribution in [0.3, 0.4) is 0 Å². The molecule has 34 heavy (non-hydrogen) atoms. The van der Waals surface area contributed by atoms with Crippen molar-refractivity contribution in [3.05, 3.63) is 59.7 Å². The normalized spacial score (nSPS) is 17.7. The van der Waals surface area contributed by atoms with Gasteiger partial charge in [0.05, 0.1) is 0 Å². The monoisotopic (exact) mass is 466 g/mol. The number of hydrogen-bond acceptors (Lipinski definition) is 5. The number of carbonyl (C=O) groups is 3. The van der Waals surface area contributed by atoms with Crippen molar-refractivity contribution >= 4 is 18.0 Å². The molecule has 0 spiro atoms. The SMILES string of the molecule is COCCCC(NC(=O)OCC1c2ccccc2-c2ccccc21)C(=O)N1CCC[C@@H]1C(=O)O. The van der Waals surface area contributed by atoms with Crippen molar-refractivity contribution in [1.82, 2.24) is 10.2 Å². The van der Waals surface area contributed by atoms with Crippen molar-refractivity contribution in [1.29, 1.82) is 0 Å². The zero-order valence-electron chi connectivity index (χ0n) is 19.2. The van der Waals surface area contributed by atoms with Gasteiger partial charge in [-0.15, -0.1) is 0 Å². The smallest absolute Gasteiger partial charge is 0.407 e. The number of hydrogen-bond donors (Lipinski definition) is 2. The molecule has 2 aromatic carbocycles. The van der Waals surface area contributed by atoms with Gasteiger partial charge in [-0.3, -0.25) is 4.79 Å². The zero-order valence-corrected chi connectivity index (χ0v) is 19.2. The molecule has 4 rings (SSSR count). The largest absolute Gasteiger partial charge is 0.480 e. The summed E-state index contributed by atoms with van der Waals surface area (Å²) in [5.41, 5.74) is 4.47. The minimum absolute atomic E-state index is 0.0873. The number of nitrogens with one attached hydrogen (secondary N) is 1. The number of aliphatic carboxylic acids is 1. The van der Waals surface area contributed by atoms with Crippen LogP contribution in [-0.4, -0.2) is 66.9 Å². The number of amides is 2. The van der Waals surface area contributed by atoms with Gasteiger partial charge in [0.15, 0.2) is 0 Å². The number of methoxy groups -OCH3 is 1. The maximum atomic E-state index is 13.1. The summed E-state index contributed by atoms with van der Waals surface area (Å²) in [6.07, 6.45) is 1.22. The first-order valence-electron chi connectivity index (χ1n) is 11.6. The standard InChI is InChI=1S/C26H30N2O6/c1-33-15-7-12-22(24(29)28-14-6-13-23(28)25(30)31)27-26(32)34-16-21-19-10-4-2-8-17(19)18-9-3-5-11-20(18)21/h2-5,8-11,21-23H,6-7,12-16H2,1H3,(H,27,32)(H,30,31)/t22?,23-/m1/s1. The number of fused-ring (bicyclic) bond motifs is 3. The molecule has 2 aromatic rings. The molecule has 180 valence electrons. The van der Waals surface area contributed by atoms with Gasteiger partial charge in [-0.25, -0.2) is 9.59 Å². The molecule has 0 aromatic heterocycles. The first-order valence-corrected chi connectivity index (χ1v) is 11.6. The Labute approximate surface area is 198 Å². The first kappa shape index (κ1) is 23.8. The molecule has 1 heterocycles. The third kappa shape index (κ3) is 4.92. The second-order valence-corrected chi connectivity index (χ2v) is 8.69. The number of alkyl carbamates (subject to hydrolysis) is 1. The maximum Gasteiger partial charge on any atom is 0.407 e. The lowest BCUT2D eigenvalue weighted by molar-refractivity contribution is -0.149. The van der Waals surface area contributed by atoms with E-state index >= 15 is 0 Å². The molecule has 1 saturated heterocycles. The molecule has 2 aliphatic rings. The van der Waals surface area contributed by atoms with Crippen LogP contribution in [0.5, 0.6) is 0 Å². The van der Waals surface area contributed by atoms with E-state index in [1.54, 1.807) is 7.11 Å². The van der Waals surface area contributed by atoms with Gasteiger partial charge in [-0.05, 0) is 47.9 Å². The highest BCUT2D eigenvalue weighted by Crippen LogP contribution is 2.44. The Morgan fingerprint density at radius 2 is 1.74 bits per heavy atom. The summed E-state index contributed by atoms with van der Waals surface area (Å²) < 4.78 is 10.7. The quantitative estimate of drug-likeness (QED) is 0.549. The van der Waals surface area contributed by atoms with Gasteiger partial charge in [-0.1, -0.05) is 48.5 Å². The third-order valence-electron chi connectivity index (χ3n) is 6.60. The highest BCUT2D eigenvalue weighted by molar-refractivity contribution is 5.89. The Kier molecular flexibility index (Phi) is 7.47. The summed E-state index contributed by atoms with van der Waals surface area (Å²) in [4.78, 5) is 38.8. The van der Waals surface area contributed by atoms with E-state index in [1.807, 2.05) is 36.4 Å². The van der Waals surface area contributed by atoms with E-state index in [0.29, 0.717) is 38.8 Å². The van der Waals surface area contributed by atoms with E-state index in [4.69, 9.17) is 9.47 Å². The average Bonchev–Trinajstić information content (AvgIpc) is 3.45. The van der Waals surface area contributed by atoms with Gasteiger partial charge in [0.1, 0.15) is 18.7 Å². The number of nitrogens with zero attached hydrogens (tertiary/aromatic N) is 1. The number of rotatable bonds is 9. The summed E-state index contributed by atoms with van der Waals surface area (Å²) in [6, 6.07) is 14.4. The van der Waals surface area contributed by atoms with Crippen molar-refractivity contribution in [2.24, 2.45) is 0 Å². The van der Waals surface area contributed by atoms with E-state index in [1.165, 1.54) is 4.90 Å². The summed E-state index contributed by atoms with van der Waals surface area (Å²) in [6.45, 7) is 0.932. The molecule has 1 aliphatic heterocycles. The van der Waals surface area contributed by atoms with Crippen LogP contribution in [0.1, 0.15) is 42.7 Å². The number of carboxylic acid groups (broad SMARTS) is 1. The number of carboxylic acids is 1. The van der Waals surface area contributed by atoms with Crippen LogP contribution in [-0.2, 0) is 19.1 Å². The van der Waals surface area contributed by atoms with E-state index in [2.05, 4.69) is 17.4 Å². The molecule has 2 N–H and O–H groups in total.